The zero-order chi connectivity index (χ0) is 15.5. The van der Waals surface area contributed by atoms with Crippen LogP contribution in [-0.4, -0.2) is 34.3 Å². The Labute approximate surface area is 133 Å². The molecule has 2 aromatic rings. The Balaban J connectivity index is 1.79. The third kappa shape index (κ3) is 2.95. The van der Waals surface area contributed by atoms with Crippen molar-refractivity contribution in [3.63, 3.8) is 0 Å². The van der Waals surface area contributed by atoms with Crippen LogP contribution in [0.1, 0.15) is 36.0 Å². The summed E-state index contributed by atoms with van der Waals surface area (Å²) in [6.45, 7) is 0. The molecular weight excluding hydrogens is 302 g/mol. The minimum absolute atomic E-state index is 0.121. The summed E-state index contributed by atoms with van der Waals surface area (Å²) < 4.78 is 5.25. The summed E-state index contributed by atoms with van der Waals surface area (Å²) in [5.41, 5.74) is 1.33. The first kappa shape index (κ1) is 14.9. The maximum atomic E-state index is 12.6. The van der Waals surface area contributed by atoms with Gasteiger partial charge < -0.3 is 4.42 Å². The van der Waals surface area contributed by atoms with Crippen molar-refractivity contribution in [2.45, 2.75) is 31.7 Å². The molecule has 0 radical (unpaired) electrons. The van der Waals surface area contributed by atoms with Gasteiger partial charge in [0.2, 0.25) is 5.89 Å². The van der Waals surface area contributed by atoms with E-state index in [1.165, 1.54) is 12.2 Å². The van der Waals surface area contributed by atoms with Gasteiger partial charge in [0.1, 0.15) is 0 Å². The summed E-state index contributed by atoms with van der Waals surface area (Å²) in [7, 11) is 1.54. The van der Waals surface area contributed by atoms with Crippen molar-refractivity contribution in [1.82, 2.24) is 15.3 Å². The molecule has 0 bridgehead atoms. The van der Waals surface area contributed by atoms with Crippen LogP contribution in [0.4, 0.5) is 0 Å². The van der Waals surface area contributed by atoms with Gasteiger partial charge in [-0.15, -0.1) is 5.10 Å². The highest BCUT2D eigenvalue weighted by molar-refractivity contribution is 7.71. The highest BCUT2D eigenvalue weighted by Crippen LogP contribution is 2.25. The van der Waals surface area contributed by atoms with Crippen molar-refractivity contribution in [2.24, 2.45) is 0 Å². The van der Waals surface area contributed by atoms with Crippen LogP contribution in [0, 0.1) is 4.84 Å². The van der Waals surface area contributed by atoms with Gasteiger partial charge in [-0.3, -0.25) is 9.63 Å². The number of rotatable bonds is 4. The first-order chi connectivity index (χ1) is 10.7. The van der Waals surface area contributed by atoms with Gasteiger partial charge in [-0.2, -0.15) is 0 Å². The zero-order valence-electron chi connectivity index (χ0n) is 12.2. The van der Waals surface area contributed by atoms with E-state index in [-0.39, 0.29) is 16.8 Å². The molecule has 0 atom stereocenters. The molecule has 116 valence electrons. The van der Waals surface area contributed by atoms with Gasteiger partial charge >= 0.3 is 0 Å². The van der Waals surface area contributed by atoms with Crippen LogP contribution in [0.15, 0.2) is 28.7 Å². The molecule has 0 saturated heterocycles. The number of carbonyl (C=O) groups is 1. The van der Waals surface area contributed by atoms with Gasteiger partial charge in [0.05, 0.1) is 13.2 Å². The number of hydrogen-bond acceptors (Lipinski definition) is 5. The molecule has 1 saturated carbocycles. The molecule has 7 heteroatoms. The quantitative estimate of drug-likeness (QED) is 0.691. The molecule has 0 spiro atoms. The van der Waals surface area contributed by atoms with Crippen LogP contribution in [0.5, 0.6) is 0 Å². The number of nitrogens with one attached hydrogen (secondary N) is 1. The first-order valence-corrected chi connectivity index (χ1v) is 7.63. The first-order valence-electron chi connectivity index (χ1n) is 7.22. The van der Waals surface area contributed by atoms with E-state index >= 15 is 0 Å². The van der Waals surface area contributed by atoms with Crippen LogP contribution in [0.2, 0.25) is 0 Å². The van der Waals surface area contributed by atoms with Crippen molar-refractivity contribution in [2.75, 3.05) is 7.11 Å². The summed E-state index contributed by atoms with van der Waals surface area (Å²) in [5.74, 6) is 0.285. The van der Waals surface area contributed by atoms with E-state index in [2.05, 4.69) is 10.2 Å². The molecule has 1 fully saturated rings. The summed E-state index contributed by atoms with van der Waals surface area (Å²) in [6, 6.07) is 7.22. The SMILES string of the molecule is CON(C(=O)c1ccc(-c2n[nH]c(=S)o2)cc1)C1CCCC1. The molecule has 1 aromatic heterocycles. The second-order valence-corrected chi connectivity index (χ2v) is 5.62. The third-order valence-corrected chi connectivity index (χ3v) is 4.04. The highest BCUT2D eigenvalue weighted by Gasteiger charge is 2.27. The minimum Gasteiger partial charge on any atom is -0.409 e. The second-order valence-electron chi connectivity index (χ2n) is 5.25. The van der Waals surface area contributed by atoms with Gasteiger partial charge in [0, 0.05) is 11.1 Å². The van der Waals surface area contributed by atoms with Crippen LogP contribution < -0.4 is 0 Å². The normalized spacial score (nSPS) is 15.1. The Bertz CT molecular complexity index is 701. The second kappa shape index (κ2) is 6.41. The van der Waals surface area contributed by atoms with Crippen LogP contribution >= 0.6 is 12.2 Å². The number of amides is 1. The number of carbonyl (C=O) groups excluding carboxylic acids is 1. The molecular formula is C15H17N3O3S. The summed E-state index contributed by atoms with van der Waals surface area (Å²) in [6.07, 6.45) is 4.26. The molecule has 1 heterocycles. The molecule has 1 aromatic carbocycles. The van der Waals surface area contributed by atoms with E-state index in [1.807, 2.05) is 0 Å². The predicted octanol–water partition coefficient (Wildman–Crippen LogP) is 3.35. The maximum Gasteiger partial charge on any atom is 0.284 e. The Morgan fingerprint density at radius 3 is 2.59 bits per heavy atom. The van der Waals surface area contributed by atoms with Crippen molar-refractivity contribution >= 4 is 18.1 Å². The maximum absolute atomic E-state index is 12.6. The number of H-pyrrole nitrogens is 1. The lowest BCUT2D eigenvalue weighted by Gasteiger charge is -2.26. The third-order valence-electron chi connectivity index (χ3n) is 3.87. The topological polar surface area (TPSA) is 71.4 Å². The fraction of sp³-hybridized carbons (Fsp3) is 0.400. The highest BCUT2D eigenvalue weighted by atomic mass is 32.1. The number of hydroxylamine groups is 2. The Morgan fingerprint density at radius 2 is 2.05 bits per heavy atom. The van der Waals surface area contributed by atoms with Gasteiger partial charge in [-0.05, 0) is 49.3 Å². The fourth-order valence-corrected chi connectivity index (χ4v) is 2.90. The lowest BCUT2D eigenvalue weighted by molar-refractivity contribution is -0.121. The van der Waals surface area contributed by atoms with E-state index in [0.29, 0.717) is 11.5 Å². The van der Waals surface area contributed by atoms with Crippen molar-refractivity contribution < 1.29 is 14.0 Å². The summed E-state index contributed by atoms with van der Waals surface area (Å²) in [4.78, 5) is 18.1. The molecule has 0 unspecified atom stereocenters. The van der Waals surface area contributed by atoms with Crippen molar-refractivity contribution in [1.29, 1.82) is 0 Å². The van der Waals surface area contributed by atoms with E-state index < -0.39 is 0 Å². The Kier molecular flexibility index (Phi) is 4.35. The Hall–Kier alpha value is -1.99. The monoisotopic (exact) mass is 319 g/mol. The number of nitrogens with zero attached hydrogens (tertiary/aromatic N) is 2. The number of benzene rings is 1. The zero-order valence-corrected chi connectivity index (χ0v) is 13.1. The van der Waals surface area contributed by atoms with Crippen LogP contribution in [-0.2, 0) is 4.84 Å². The van der Waals surface area contributed by atoms with Crippen LogP contribution in [0.3, 0.4) is 0 Å². The smallest absolute Gasteiger partial charge is 0.284 e. The van der Waals surface area contributed by atoms with E-state index in [9.17, 15) is 4.79 Å². The molecule has 0 aliphatic heterocycles. The summed E-state index contributed by atoms with van der Waals surface area (Å²) in [5, 5.41) is 8.02. The van der Waals surface area contributed by atoms with Crippen LogP contribution in [0.25, 0.3) is 11.5 Å². The molecule has 6 nitrogen and oxygen atoms in total. The number of aromatic amines is 1. The largest absolute Gasteiger partial charge is 0.409 e. The molecule has 1 aliphatic rings. The van der Waals surface area contributed by atoms with Gasteiger partial charge in [-0.25, -0.2) is 10.2 Å². The molecule has 1 amide bonds. The lowest BCUT2D eigenvalue weighted by Crippen LogP contribution is -2.37. The molecule has 22 heavy (non-hydrogen) atoms. The fourth-order valence-electron chi connectivity index (χ4n) is 2.77. The molecule has 1 N–H and O–H groups in total. The predicted molar refractivity (Wildman–Crippen MR) is 82.6 cm³/mol. The van der Waals surface area contributed by atoms with E-state index in [1.54, 1.807) is 24.3 Å². The van der Waals surface area contributed by atoms with Crippen molar-refractivity contribution in [3.8, 4) is 11.5 Å². The number of hydrogen-bond donors (Lipinski definition) is 1. The van der Waals surface area contributed by atoms with Gasteiger partial charge in [-0.1, -0.05) is 12.8 Å². The van der Waals surface area contributed by atoms with E-state index in [0.717, 1.165) is 31.2 Å². The molecule has 3 rings (SSSR count). The lowest BCUT2D eigenvalue weighted by atomic mass is 10.1. The summed E-state index contributed by atoms with van der Waals surface area (Å²) >= 11 is 4.85. The standard InChI is InChI=1S/C15H17N3O3S/c1-20-18(12-4-2-3-5-12)14(19)11-8-6-10(7-9-11)13-16-17-15(22)21-13/h6-9,12H,2-5H2,1H3,(H,17,22). The Morgan fingerprint density at radius 1 is 1.36 bits per heavy atom. The van der Waals surface area contributed by atoms with Gasteiger partial charge in [0.25, 0.3) is 10.7 Å². The molecule has 1 aliphatic carbocycles. The van der Waals surface area contributed by atoms with E-state index in [4.69, 9.17) is 21.5 Å². The average molecular weight is 319 g/mol. The van der Waals surface area contributed by atoms with Gasteiger partial charge in [0.15, 0.2) is 0 Å². The van der Waals surface area contributed by atoms with Crippen molar-refractivity contribution in [3.05, 3.63) is 34.7 Å². The number of aromatic nitrogens is 2. The minimum atomic E-state index is -0.121. The average Bonchev–Trinajstić information content (AvgIpc) is 3.20.